The molecule has 4 N–H and O–H groups in total. The Bertz CT molecular complexity index is 370. The summed E-state index contributed by atoms with van der Waals surface area (Å²) in [4.78, 5) is 10.2. The second-order valence-corrected chi connectivity index (χ2v) is 2.60. The molecule has 0 aliphatic carbocycles. The zero-order chi connectivity index (χ0) is 10.6. The fraction of sp³-hybridized carbons (Fsp3) is 0.100. The van der Waals surface area contributed by atoms with Crippen molar-refractivity contribution in [3.63, 3.8) is 0 Å². The number of carbonyl (C=O) groups is 1. The number of rotatable bonds is 3. The lowest BCUT2D eigenvalue weighted by molar-refractivity contribution is -0.131. The van der Waals surface area contributed by atoms with Crippen LogP contribution in [0.25, 0.3) is 6.08 Å². The van der Waals surface area contributed by atoms with E-state index in [2.05, 4.69) is 0 Å². The maximum absolute atomic E-state index is 10.2. The van der Waals surface area contributed by atoms with Gasteiger partial charge in [-0.15, -0.1) is 0 Å². The molecule has 0 aliphatic rings. The number of benzene rings is 1. The summed E-state index contributed by atoms with van der Waals surface area (Å²) >= 11 is 0. The van der Waals surface area contributed by atoms with Crippen LogP contribution >= 0.6 is 0 Å². The summed E-state index contributed by atoms with van der Waals surface area (Å²) in [5.41, 5.74) is 0.655. The van der Waals surface area contributed by atoms with Gasteiger partial charge in [-0.25, -0.2) is 4.79 Å². The standard InChI is InChI=1S/C10H10O4.H2O/c1-14-9-6-7(2-4-8(9)11)3-5-10(12)13;/h2-6,11H,1H3,(H,12,13);1H2. The van der Waals surface area contributed by atoms with Crippen LogP contribution < -0.4 is 4.74 Å². The van der Waals surface area contributed by atoms with Crippen LogP contribution in [0.4, 0.5) is 0 Å². The third kappa shape index (κ3) is 3.70. The Morgan fingerprint density at radius 2 is 2.13 bits per heavy atom. The van der Waals surface area contributed by atoms with Gasteiger partial charge in [-0.05, 0) is 23.8 Å². The minimum atomic E-state index is -1.02. The molecule has 0 aliphatic heterocycles. The van der Waals surface area contributed by atoms with Crippen molar-refractivity contribution in [2.75, 3.05) is 7.11 Å². The Morgan fingerprint density at radius 1 is 1.47 bits per heavy atom. The molecule has 1 rings (SSSR count). The van der Waals surface area contributed by atoms with Gasteiger partial charge in [0.2, 0.25) is 0 Å². The molecule has 0 saturated heterocycles. The molecule has 0 radical (unpaired) electrons. The van der Waals surface area contributed by atoms with Crippen LogP contribution in [0.1, 0.15) is 5.56 Å². The number of phenols is 1. The van der Waals surface area contributed by atoms with Crippen LogP contribution in [0, 0.1) is 0 Å². The highest BCUT2D eigenvalue weighted by Crippen LogP contribution is 2.26. The zero-order valence-electron chi connectivity index (χ0n) is 8.10. The van der Waals surface area contributed by atoms with Crippen molar-refractivity contribution in [1.29, 1.82) is 0 Å². The van der Waals surface area contributed by atoms with Crippen LogP contribution in [0.3, 0.4) is 0 Å². The first-order chi connectivity index (χ1) is 6.63. The van der Waals surface area contributed by atoms with Gasteiger partial charge in [-0.1, -0.05) is 6.07 Å². The first-order valence-corrected chi connectivity index (χ1v) is 3.91. The summed E-state index contributed by atoms with van der Waals surface area (Å²) in [6, 6.07) is 4.59. The van der Waals surface area contributed by atoms with Gasteiger partial charge >= 0.3 is 5.97 Å². The van der Waals surface area contributed by atoms with E-state index in [4.69, 9.17) is 9.84 Å². The van der Waals surface area contributed by atoms with Crippen molar-refractivity contribution < 1.29 is 25.2 Å². The molecule has 0 spiro atoms. The molecule has 0 aromatic heterocycles. The molecular weight excluding hydrogens is 200 g/mol. The fourth-order valence-electron chi connectivity index (χ4n) is 0.965. The average Bonchev–Trinajstić information content (AvgIpc) is 2.16. The smallest absolute Gasteiger partial charge is 0.328 e. The van der Waals surface area contributed by atoms with Gasteiger partial charge in [0.15, 0.2) is 11.5 Å². The second kappa shape index (κ2) is 5.66. The first-order valence-electron chi connectivity index (χ1n) is 3.91. The summed E-state index contributed by atoms with van der Waals surface area (Å²) in [5.74, 6) is -0.672. The van der Waals surface area contributed by atoms with E-state index in [1.54, 1.807) is 12.1 Å². The van der Waals surface area contributed by atoms with Crippen LogP contribution in [-0.4, -0.2) is 28.8 Å². The number of methoxy groups -OCH3 is 1. The molecule has 1 aromatic rings. The van der Waals surface area contributed by atoms with E-state index in [-0.39, 0.29) is 11.2 Å². The Labute approximate surface area is 86.5 Å². The summed E-state index contributed by atoms with van der Waals surface area (Å²) < 4.78 is 4.86. The predicted octanol–water partition coefficient (Wildman–Crippen LogP) is 0.674. The summed E-state index contributed by atoms with van der Waals surface area (Å²) in [6.07, 6.45) is 2.44. The van der Waals surface area contributed by atoms with Crippen molar-refractivity contribution in [3.05, 3.63) is 29.8 Å². The number of phenolic OH excluding ortho intramolecular Hbond substituents is 1. The van der Waals surface area contributed by atoms with E-state index in [1.807, 2.05) is 0 Å². The first kappa shape index (κ1) is 13.0. The van der Waals surface area contributed by atoms with Crippen molar-refractivity contribution in [2.24, 2.45) is 0 Å². The van der Waals surface area contributed by atoms with Gasteiger partial charge < -0.3 is 20.4 Å². The van der Waals surface area contributed by atoms with E-state index in [1.165, 1.54) is 19.3 Å². The fourth-order valence-corrected chi connectivity index (χ4v) is 0.965. The van der Waals surface area contributed by atoms with Gasteiger partial charge in [0.25, 0.3) is 0 Å². The molecule has 0 unspecified atom stereocenters. The van der Waals surface area contributed by atoms with Crippen LogP contribution in [-0.2, 0) is 4.79 Å². The molecule has 15 heavy (non-hydrogen) atoms. The number of carboxylic acids is 1. The van der Waals surface area contributed by atoms with E-state index < -0.39 is 5.97 Å². The zero-order valence-corrected chi connectivity index (χ0v) is 8.10. The number of aliphatic carboxylic acids is 1. The van der Waals surface area contributed by atoms with Crippen molar-refractivity contribution in [1.82, 2.24) is 0 Å². The second-order valence-electron chi connectivity index (χ2n) is 2.60. The topological polar surface area (TPSA) is 98.3 Å². The Morgan fingerprint density at radius 3 is 2.67 bits per heavy atom. The van der Waals surface area contributed by atoms with Crippen LogP contribution in [0.2, 0.25) is 0 Å². The molecule has 0 bridgehead atoms. The monoisotopic (exact) mass is 212 g/mol. The minimum absolute atomic E-state index is 0. The average molecular weight is 212 g/mol. The highest BCUT2D eigenvalue weighted by atomic mass is 16.5. The van der Waals surface area contributed by atoms with Gasteiger partial charge in [0.05, 0.1) is 7.11 Å². The SMILES string of the molecule is COc1cc(C=CC(=O)O)ccc1O.O. The number of ether oxygens (including phenoxy) is 1. The molecule has 0 fully saturated rings. The summed E-state index contributed by atoms with van der Waals surface area (Å²) in [6.45, 7) is 0. The van der Waals surface area contributed by atoms with Crippen molar-refractivity contribution in [2.45, 2.75) is 0 Å². The maximum Gasteiger partial charge on any atom is 0.328 e. The van der Waals surface area contributed by atoms with Gasteiger partial charge in [-0.3, -0.25) is 0 Å². The highest BCUT2D eigenvalue weighted by Gasteiger charge is 2.00. The van der Waals surface area contributed by atoms with E-state index in [0.717, 1.165) is 6.08 Å². The molecule has 82 valence electrons. The van der Waals surface area contributed by atoms with E-state index >= 15 is 0 Å². The lowest BCUT2D eigenvalue weighted by Crippen LogP contribution is -1.87. The predicted molar refractivity (Wildman–Crippen MR) is 54.9 cm³/mol. The molecule has 5 nitrogen and oxygen atoms in total. The van der Waals surface area contributed by atoms with Gasteiger partial charge in [0.1, 0.15) is 0 Å². The largest absolute Gasteiger partial charge is 0.504 e. The molecule has 0 saturated carbocycles. The summed E-state index contributed by atoms with van der Waals surface area (Å²) in [7, 11) is 1.43. The van der Waals surface area contributed by atoms with Crippen LogP contribution in [0.15, 0.2) is 24.3 Å². The maximum atomic E-state index is 10.2. The Hall–Kier alpha value is -2.01. The molecular formula is C10H12O5. The highest BCUT2D eigenvalue weighted by molar-refractivity contribution is 5.85. The molecule has 0 atom stereocenters. The third-order valence-corrected chi connectivity index (χ3v) is 1.62. The Kier molecular flexibility index (Phi) is 4.90. The molecule has 0 heterocycles. The molecule has 5 heteroatoms. The van der Waals surface area contributed by atoms with E-state index in [9.17, 15) is 9.90 Å². The summed E-state index contributed by atoms with van der Waals surface area (Å²) in [5, 5.41) is 17.6. The third-order valence-electron chi connectivity index (χ3n) is 1.62. The Balaban J connectivity index is 0.00000196. The van der Waals surface area contributed by atoms with Gasteiger partial charge in [-0.2, -0.15) is 0 Å². The molecule has 1 aromatic carbocycles. The quantitative estimate of drug-likeness (QED) is 0.719. The number of hydrogen-bond acceptors (Lipinski definition) is 3. The van der Waals surface area contributed by atoms with Crippen LogP contribution in [0.5, 0.6) is 11.5 Å². The van der Waals surface area contributed by atoms with Crippen molar-refractivity contribution >= 4 is 12.0 Å². The lowest BCUT2D eigenvalue weighted by Gasteiger charge is -2.03. The number of aromatic hydroxyl groups is 1. The van der Waals surface area contributed by atoms with Crippen molar-refractivity contribution in [3.8, 4) is 11.5 Å². The van der Waals surface area contributed by atoms with Gasteiger partial charge in [0, 0.05) is 6.08 Å². The molecule has 0 amide bonds. The number of carboxylic acid groups (broad SMARTS) is 1. The normalized spacial score (nSPS) is 9.67. The lowest BCUT2D eigenvalue weighted by atomic mass is 10.2. The number of hydrogen-bond donors (Lipinski definition) is 2. The van der Waals surface area contributed by atoms with E-state index in [0.29, 0.717) is 11.3 Å². The minimum Gasteiger partial charge on any atom is -0.504 e.